The second-order valence-electron chi connectivity index (χ2n) is 7.19. The first-order valence-corrected chi connectivity index (χ1v) is 8.90. The number of fused-ring (bicyclic) bond motifs is 1. The van der Waals surface area contributed by atoms with Crippen LogP contribution in [0.4, 0.5) is 4.39 Å². The highest BCUT2D eigenvalue weighted by Crippen LogP contribution is 2.23. The number of aromatic amines is 1. The Hall–Kier alpha value is -2.41. The molecular formula is C19H25FN4O2. The maximum atomic E-state index is 14.2. The summed E-state index contributed by atoms with van der Waals surface area (Å²) in [5.41, 5.74) is 0.795. The number of aromatic nitrogens is 1. The van der Waals surface area contributed by atoms with Crippen molar-refractivity contribution in [2.24, 2.45) is 0 Å². The minimum atomic E-state index is -0.530. The van der Waals surface area contributed by atoms with E-state index in [1.165, 1.54) is 6.07 Å². The maximum Gasteiger partial charge on any atom is 0.255 e. The number of carbonyl (C=O) groups is 2. The molecule has 1 saturated carbocycles. The molecular weight excluding hydrogens is 335 g/mol. The van der Waals surface area contributed by atoms with Crippen LogP contribution in [0.1, 0.15) is 36.5 Å². The lowest BCUT2D eigenvalue weighted by molar-refractivity contribution is -0.125. The van der Waals surface area contributed by atoms with E-state index in [2.05, 4.69) is 15.6 Å². The van der Waals surface area contributed by atoms with E-state index in [-0.39, 0.29) is 29.6 Å². The van der Waals surface area contributed by atoms with E-state index in [4.69, 9.17) is 0 Å². The molecule has 3 atom stereocenters. The lowest BCUT2D eigenvalue weighted by Crippen LogP contribution is -2.45. The Morgan fingerprint density at radius 3 is 2.58 bits per heavy atom. The summed E-state index contributed by atoms with van der Waals surface area (Å²) < 4.78 is 14.2. The van der Waals surface area contributed by atoms with Crippen LogP contribution in [0.25, 0.3) is 10.9 Å². The van der Waals surface area contributed by atoms with Gasteiger partial charge in [0.15, 0.2) is 0 Å². The van der Waals surface area contributed by atoms with E-state index in [9.17, 15) is 14.0 Å². The standard InChI is InChI=1S/C19H25FN4O2/c1-11(24(2)3)18(25)22-12-4-5-13(10-12)23-19(26)17-14-8-9-21-16(14)7-6-15(17)20/h6-9,11-13,21H,4-5,10H2,1-3H3,(H,22,25)(H,23,26)/t11-,12-,13+/m1/s1. The topological polar surface area (TPSA) is 77.2 Å². The van der Waals surface area contributed by atoms with Gasteiger partial charge in [0.2, 0.25) is 5.91 Å². The molecule has 1 fully saturated rings. The number of H-pyrrole nitrogens is 1. The average molecular weight is 360 g/mol. The van der Waals surface area contributed by atoms with Gasteiger partial charge in [-0.15, -0.1) is 0 Å². The molecule has 26 heavy (non-hydrogen) atoms. The molecule has 7 heteroatoms. The van der Waals surface area contributed by atoms with Crippen molar-refractivity contribution in [2.45, 2.75) is 44.3 Å². The second-order valence-corrected chi connectivity index (χ2v) is 7.19. The molecule has 2 aromatic rings. The fourth-order valence-corrected chi connectivity index (χ4v) is 3.40. The lowest BCUT2D eigenvalue weighted by Gasteiger charge is -2.22. The zero-order valence-electron chi connectivity index (χ0n) is 15.3. The van der Waals surface area contributed by atoms with Gasteiger partial charge >= 0.3 is 0 Å². The van der Waals surface area contributed by atoms with Crippen molar-refractivity contribution in [3.05, 3.63) is 35.8 Å². The monoisotopic (exact) mass is 360 g/mol. The molecule has 3 N–H and O–H groups in total. The van der Waals surface area contributed by atoms with Gasteiger partial charge in [-0.2, -0.15) is 0 Å². The van der Waals surface area contributed by atoms with Crippen molar-refractivity contribution in [3.8, 4) is 0 Å². The average Bonchev–Trinajstić information content (AvgIpc) is 3.22. The number of nitrogens with one attached hydrogen (secondary N) is 3. The van der Waals surface area contributed by atoms with Gasteiger partial charge in [0.1, 0.15) is 5.82 Å². The minimum absolute atomic E-state index is 0.0184. The fourth-order valence-electron chi connectivity index (χ4n) is 3.40. The summed E-state index contributed by atoms with van der Waals surface area (Å²) in [6.07, 6.45) is 3.90. The molecule has 0 spiro atoms. The zero-order valence-corrected chi connectivity index (χ0v) is 15.3. The molecule has 1 aromatic carbocycles. The Labute approximate surface area is 152 Å². The summed E-state index contributed by atoms with van der Waals surface area (Å²) in [4.78, 5) is 29.6. The summed E-state index contributed by atoms with van der Waals surface area (Å²) in [5, 5.41) is 6.52. The van der Waals surface area contributed by atoms with Crippen molar-refractivity contribution in [1.29, 1.82) is 0 Å². The number of rotatable bonds is 5. The normalized spacial score (nSPS) is 21.1. The van der Waals surface area contributed by atoms with Crippen molar-refractivity contribution in [3.63, 3.8) is 0 Å². The number of nitrogens with zero attached hydrogens (tertiary/aromatic N) is 1. The predicted octanol–water partition coefficient (Wildman–Crippen LogP) is 2.02. The van der Waals surface area contributed by atoms with E-state index in [0.717, 1.165) is 18.4 Å². The third kappa shape index (κ3) is 3.72. The fraction of sp³-hybridized carbons (Fsp3) is 0.474. The molecule has 3 rings (SSSR count). The zero-order chi connectivity index (χ0) is 18.8. The van der Waals surface area contributed by atoms with Gasteiger partial charge in [-0.05, 0) is 58.5 Å². The van der Waals surface area contributed by atoms with E-state index < -0.39 is 11.7 Å². The highest BCUT2D eigenvalue weighted by Gasteiger charge is 2.29. The summed E-state index contributed by atoms with van der Waals surface area (Å²) in [6.45, 7) is 1.85. The predicted molar refractivity (Wildman–Crippen MR) is 98.4 cm³/mol. The lowest BCUT2D eigenvalue weighted by atomic mass is 10.1. The summed E-state index contributed by atoms with van der Waals surface area (Å²) in [7, 11) is 3.72. The molecule has 1 aliphatic rings. The smallest absolute Gasteiger partial charge is 0.255 e. The summed E-state index contributed by atoms with van der Waals surface area (Å²) in [5.74, 6) is -0.960. The molecule has 1 aromatic heterocycles. The number of hydrogen-bond donors (Lipinski definition) is 3. The number of amides is 2. The van der Waals surface area contributed by atoms with Gasteiger partial charge in [-0.25, -0.2) is 4.39 Å². The molecule has 6 nitrogen and oxygen atoms in total. The Balaban J connectivity index is 1.62. The maximum absolute atomic E-state index is 14.2. The molecule has 2 amide bonds. The Kier molecular flexibility index (Phi) is 5.27. The van der Waals surface area contributed by atoms with Crippen LogP contribution in [0, 0.1) is 5.82 Å². The third-order valence-corrected chi connectivity index (χ3v) is 5.18. The van der Waals surface area contributed by atoms with Crippen LogP contribution in [-0.4, -0.2) is 53.9 Å². The Morgan fingerprint density at radius 1 is 1.19 bits per heavy atom. The van der Waals surface area contributed by atoms with Crippen molar-refractivity contribution < 1.29 is 14.0 Å². The SMILES string of the molecule is C[C@H](C(=O)N[C@@H]1CC[C@H](NC(=O)c2c(F)ccc3[nH]ccc23)C1)N(C)C. The Morgan fingerprint density at radius 2 is 1.88 bits per heavy atom. The third-order valence-electron chi connectivity index (χ3n) is 5.18. The van der Waals surface area contributed by atoms with Crippen LogP contribution in [0.2, 0.25) is 0 Å². The van der Waals surface area contributed by atoms with Gasteiger partial charge in [-0.3, -0.25) is 14.5 Å². The van der Waals surface area contributed by atoms with E-state index in [1.54, 1.807) is 18.3 Å². The molecule has 0 saturated heterocycles. The Bertz CT molecular complexity index is 817. The van der Waals surface area contributed by atoms with Gasteiger partial charge in [0.25, 0.3) is 5.91 Å². The number of carbonyl (C=O) groups excluding carboxylic acids is 2. The van der Waals surface area contributed by atoms with Crippen LogP contribution in [0.15, 0.2) is 24.4 Å². The van der Waals surface area contributed by atoms with E-state index in [0.29, 0.717) is 11.8 Å². The number of hydrogen-bond acceptors (Lipinski definition) is 3. The van der Waals surface area contributed by atoms with Crippen molar-refractivity contribution >= 4 is 22.7 Å². The second kappa shape index (κ2) is 7.45. The number of likely N-dealkylation sites (N-methyl/N-ethyl adjacent to an activating group) is 1. The van der Waals surface area contributed by atoms with Crippen molar-refractivity contribution in [2.75, 3.05) is 14.1 Å². The van der Waals surface area contributed by atoms with Crippen LogP contribution in [-0.2, 0) is 4.79 Å². The highest BCUT2D eigenvalue weighted by atomic mass is 19.1. The first-order valence-electron chi connectivity index (χ1n) is 8.90. The first kappa shape index (κ1) is 18.4. The summed E-state index contributed by atoms with van der Waals surface area (Å²) >= 11 is 0. The minimum Gasteiger partial charge on any atom is -0.361 e. The molecule has 0 radical (unpaired) electrons. The largest absolute Gasteiger partial charge is 0.361 e. The van der Waals surface area contributed by atoms with E-state index >= 15 is 0 Å². The van der Waals surface area contributed by atoms with Crippen LogP contribution >= 0.6 is 0 Å². The van der Waals surface area contributed by atoms with Gasteiger partial charge in [0, 0.05) is 29.2 Å². The van der Waals surface area contributed by atoms with Gasteiger partial charge < -0.3 is 15.6 Å². The summed E-state index contributed by atoms with van der Waals surface area (Å²) in [6, 6.07) is 4.37. The molecule has 0 unspecified atom stereocenters. The molecule has 140 valence electrons. The molecule has 1 heterocycles. The molecule has 1 aliphatic carbocycles. The van der Waals surface area contributed by atoms with Crippen LogP contribution < -0.4 is 10.6 Å². The van der Waals surface area contributed by atoms with Crippen molar-refractivity contribution in [1.82, 2.24) is 20.5 Å². The highest BCUT2D eigenvalue weighted by molar-refractivity contribution is 6.06. The van der Waals surface area contributed by atoms with E-state index in [1.807, 2.05) is 25.9 Å². The van der Waals surface area contributed by atoms with Crippen LogP contribution in [0.3, 0.4) is 0 Å². The van der Waals surface area contributed by atoms with Crippen LogP contribution in [0.5, 0.6) is 0 Å². The number of benzene rings is 1. The van der Waals surface area contributed by atoms with Gasteiger partial charge in [0.05, 0.1) is 11.6 Å². The quantitative estimate of drug-likeness (QED) is 0.763. The first-order chi connectivity index (χ1) is 12.4. The molecule has 0 bridgehead atoms. The number of halogens is 1. The van der Waals surface area contributed by atoms with Gasteiger partial charge in [-0.1, -0.05) is 0 Å². The molecule has 0 aliphatic heterocycles.